The molecule has 0 saturated heterocycles. The van der Waals surface area contributed by atoms with Gasteiger partial charge in [0.15, 0.2) is 0 Å². The minimum atomic E-state index is 0.938. The molecule has 0 radical (unpaired) electrons. The van der Waals surface area contributed by atoms with E-state index in [-0.39, 0.29) is 0 Å². The zero-order valence-corrected chi connectivity index (χ0v) is 12.1. The summed E-state index contributed by atoms with van der Waals surface area (Å²) >= 11 is 0. The number of nitrogens with one attached hydrogen (secondary N) is 1. The van der Waals surface area contributed by atoms with E-state index in [1.165, 1.54) is 16.7 Å². The fourth-order valence-electron chi connectivity index (χ4n) is 2.85. The Bertz CT molecular complexity index is 584. The van der Waals surface area contributed by atoms with E-state index >= 15 is 0 Å². The molecule has 0 amide bonds. The van der Waals surface area contributed by atoms with Crippen LogP contribution in [-0.2, 0) is 19.5 Å². The first-order valence-electron chi connectivity index (χ1n) is 7.16. The van der Waals surface area contributed by atoms with Crippen molar-refractivity contribution in [3.63, 3.8) is 0 Å². The standard InChI is InChI=1S/C16H20N4/c1-3-6-14-15(17-2)18-11-19-16(14)20-9-12-7-4-5-8-13(12)10-20/h4-5,7-8,11H,3,6,9-10H2,1-2H3,(H,17,18,19). The van der Waals surface area contributed by atoms with Crippen LogP contribution in [0, 0.1) is 0 Å². The zero-order chi connectivity index (χ0) is 13.9. The Morgan fingerprint density at radius 3 is 2.45 bits per heavy atom. The number of hydrogen-bond acceptors (Lipinski definition) is 4. The molecule has 1 aromatic carbocycles. The van der Waals surface area contributed by atoms with Crippen molar-refractivity contribution in [1.29, 1.82) is 0 Å². The Labute approximate surface area is 119 Å². The lowest BCUT2D eigenvalue weighted by molar-refractivity contribution is 0.818. The highest BCUT2D eigenvalue weighted by atomic mass is 15.2. The van der Waals surface area contributed by atoms with Crippen molar-refractivity contribution < 1.29 is 0 Å². The molecule has 0 aliphatic carbocycles. The molecule has 1 N–H and O–H groups in total. The van der Waals surface area contributed by atoms with Gasteiger partial charge in [0.05, 0.1) is 0 Å². The molecule has 2 aromatic rings. The molecule has 1 aromatic heterocycles. The highest BCUT2D eigenvalue weighted by Gasteiger charge is 2.23. The molecule has 4 heteroatoms. The predicted molar refractivity (Wildman–Crippen MR) is 81.9 cm³/mol. The van der Waals surface area contributed by atoms with Crippen LogP contribution in [0.2, 0.25) is 0 Å². The van der Waals surface area contributed by atoms with Gasteiger partial charge in [-0.05, 0) is 17.5 Å². The van der Waals surface area contributed by atoms with E-state index < -0.39 is 0 Å². The molecule has 0 saturated carbocycles. The van der Waals surface area contributed by atoms with Gasteiger partial charge in [-0.3, -0.25) is 0 Å². The SMILES string of the molecule is CCCc1c(NC)ncnc1N1Cc2ccccc2C1. The first kappa shape index (κ1) is 12.9. The van der Waals surface area contributed by atoms with Crippen molar-refractivity contribution in [1.82, 2.24) is 9.97 Å². The van der Waals surface area contributed by atoms with Crippen LogP contribution in [0.4, 0.5) is 11.6 Å². The maximum Gasteiger partial charge on any atom is 0.137 e. The average molecular weight is 268 g/mol. The Hall–Kier alpha value is -2.10. The predicted octanol–water partition coefficient (Wildman–Crippen LogP) is 2.99. The van der Waals surface area contributed by atoms with Crippen molar-refractivity contribution in [2.24, 2.45) is 0 Å². The van der Waals surface area contributed by atoms with Gasteiger partial charge in [-0.2, -0.15) is 0 Å². The van der Waals surface area contributed by atoms with Crippen LogP contribution < -0.4 is 10.2 Å². The Morgan fingerprint density at radius 1 is 1.15 bits per heavy atom. The second-order valence-electron chi connectivity index (χ2n) is 5.15. The summed E-state index contributed by atoms with van der Waals surface area (Å²) in [5, 5.41) is 3.19. The zero-order valence-electron chi connectivity index (χ0n) is 12.1. The summed E-state index contributed by atoms with van der Waals surface area (Å²) in [4.78, 5) is 11.2. The second kappa shape index (κ2) is 5.49. The molecular formula is C16H20N4. The van der Waals surface area contributed by atoms with Crippen LogP contribution in [-0.4, -0.2) is 17.0 Å². The second-order valence-corrected chi connectivity index (χ2v) is 5.15. The average Bonchev–Trinajstić information content (AvgIpc) is 2.91. The van der Waals surface area contributed by atoms with E-state index in [0.29, 0.717) is 0 Å². The van der Waals surface area contributed by atoms with Crippen molar-refractivity contribution in [3.05, 3.63) is 47.3 Å². The minimum absolute atomic E-state index is 0.938. The van der Waals surface area contributed by atoms with Crippen molar-refractivity contribution >= 4 is 11.6 Å². The first-order chi connectivity index (χ1) is 9.83. The Kier molecular flexibility index (Phi) is 3.54. The van der Waals surface area contributed by atoms with E-state index in [9.17, 15) is 0 Å². The van der Waals surface area contributed by atoms with Gasteiger partial charge in [0.1, 0.15) is 18.0 Å². The third-order valence-corrected chi connectivity index (χ3v) is 3.80. The van der Waals surface area contributed by atoms with Gasteiger partial charge in [-0.1, -0.05) is 37.6 Å². The maximum absolute atomic E-state index is 4.55. The molecular weight excluding hydrogens is 248 g/mol. The third-order valence-electron chi connectivity index (χ3n) is 3.80. The van der Waals surface area contributed by atoms with Crippen LogP contribution in [0.25, 0.3) is 0 Å². The van der Waals surface area contributed by atoms with Gasteiger partial charge in [0.2, 0.25) is 0 Å². The summed E-state index contributed by atoms with van der Waals surface area (Å²) in [7, 11) is 1.92. The van der Waals surface area contributed by atoms with E-state index in [4.69, 9.17) is 0 Å². The molecule has 3 rings (SSSR count). The maximum atomic E-state index is 4.55. The quantitative estimate of drug-likeness (QED) is 0.925. The third kappa shape index (κ3) is 2.22. The van der Waals surface area contributed by atoms with E-state index in [2.05, 4.69) is 51.4 Å². The number of fused-ring (bicyclic) bond motifs is 1. The molecule has 1 aliphatic rings. The lowest BCUT2D eigenvalue weighted by atomic mass is 10.1. The number of anilines is 2. The molecule has 0 spiro atoms. The van der Waals surface area contributed by atoms with Crippen LogP contribution in [0.15, 0.2) is 30.6 Å². The molecule has 2 heterocycles. The summed E-state index contributed by atoms with van der Waals surface area (Å²) in [5.74, 6) is 2.02. The number of nitrogens with zero attached hydrogens (tertiary/aromatic N) is 3. The Morgan fingerprint density at radius 2 is 1.85 bits per heavy atom. The van der Waals surface area contributed by atoms with Gasteiger partial charge in [0.25, 0.3) is 0 Å². The highest BCUT2D eigenvalue weighted by Crippen LogP contribution is 2.31. The summed E-state index contributed by atoms with van der Waals surface area (Å²) in [6, 6.07) is 8.62. The smallest absolute Gasteiger partial charge is 0.137 e. The van der Waals surface area contributed by atoms with Crippen molar-refractivity contribution in [2.75, 3.05) is 17.3 Å². The number of aromatic nitrogens is 2. The molecule has 0 atom stereocenters. The fraction of sp³-hybridized carbons (Fsp3) is 0.375. The molecule has 1 aliphatic heterocycles. The molecule has 4 nitrogen and oxygen atoms in total. The molecule has 0 fully saturated rings. The van der Waals surface area contributed by atoms with Crippen molar-refractivity contribution in [2.45, 2.75) is 32.9 Å². The van der Waals surface area contributed by atoms with Gasteiger partial charge >= 0.3 is 0 Å². The lowest BCUT2D eigenvalue weighted by Crippen LogP contribution is -2.19. The number of hydrogen-bond donors (Lipinski definition) is 1. The monoisotopic (exact) mass is 268 g/mol. The van der Waals surface area contributed by atoms with Crippen LogP contribution >= 0.6 is 0 Å². The largest absolute Gasteiger partial charge is 0.373 e. The van der Waals surface area contributed by atoms with E-state index in [1.807, 2.05) is 7.05 Å². The molecule has 20 heavy (non-hydrogen) atoms. The van der Waals surface area contributed by atoms with Gasteiger partial charge in [0, 0.05) is 25.7 Å². The molecule has 104 valence electrons. The van der Waals surface area contributed by atoms with E-state index in [0.717, 1.165) is 37.6 Å². The van der Waals surface area contributed by atoms with Crippen LogP contribution in [0.1, 0.15) is 30.0 Å². The van der Waals surface area contributed by atoms with Gasteiger partial charge in [-0.15, -0.1) is 0 Å². The first-order valence-corrected chi connectivity index (χ1v) is 7.16. The fourth-order valence-corrected chi connectivity index (χ4v) is 2.85. The van der Waals surface area contributed by atoms with Crippen LogP contribution in [0.3, 0.4) is 0 Å². The van der Waals surface area contributed by atoms with Gasteiger partial charge < -0.3 is 10.2 Å². The topological polar surface area (TPSA) is 41.1 Å². The molecule has 0 bridgehead atoms. The minimum Gasteiger partial charge on any atom is -0.373 e. The summed E-state index contributed by atoms with van der Waals surface area (Å²) < 4.78 is 0. The Balaban J connectivity index is 1.96. The van der Waals surface area contributed by atoms with Crippen molar-refractivity contribution in [3.8, 4) is 0 Å². The summed E-state index contributed by atoms with van der Waals surface area (Å²) in [6.45, 7) is 4.06. The van der Waals surface area contributed by atoms with E-state index in [1.54, 1.807) is 6.33 Å². The number of rotatable bonds is 4. The number of benzene rings is 1. The van der Waals surface area contributed by atoms with Crippen LogP contribution in [0.5, 0.6) is 0 Å². The normalized spacial score (nSPS) is 13.4. The summed E-state index contributed by atoms with van der Waals surface area (Å²) in [6.07, 6.45) is 3.75. The molecule has 0 unspecified atom stereocenters. The highest BCUT2D eigenvalue weighted by molar-refractivity contribution is 5.60. The summed E-state index contributed by atoms with van der Waals surface area (Å²) in [5.41, 5.74) is 4.03. The lowest BCUT2D eigenvalue weighted by Gasteiger charge is -2.21. The van der Waals surface area contributed by atoms with Gasteiger partial charge in [-0.25, -0.2) is 9.97 Å².